The predicted molar refractivity (Wildman–Crippen MR) is 71.8 cm³/mol. The molecule has 0 saturated carbocycles. The summed E-state index contributed by atoms with van der Waals surface area (Å²) in [5.41, 5.74) is 0. The van der Waals surface area contributed by atoms with Gasteiger partial charge in [-0.05, 0) is 46.7 Å². The molecule has 2 heteroatoms. The molecule has 16 heavy (non-hydrogen) atoms. The molecule has 0 aliphatic carbocycles. The monoisotopic (exact) mass is 224 g/mol. The zero-order valence-corrected chi connectivity index (χ0v) is 11.3. The number of hydrogen-bond donors (Lipinski definition) is 0. The van der Waals surface area contributed by atoms with Gasteiger partial charge in [-0.15, -0.1) is 6.58 Å². The number of unbranched alkanes of at least 4 members (excludes halogenated alkanes) is 3. The van der Waals surface area contributed by atoms with E-state index < -0.39 is 0 Å². The second kappa shape index (κ2) is 7.08. The van der Waals surface area contributed by atoms with Gasteiger partial charge in [-0.2, -0.15) is 0 Å². The number of rotatable bonds is 6. The van der Waals surface area contributed by atoms with Crippen LogP contribution in [0.3, 0.4) is 0 Å². The highest BCUT2D eigenvalue weighted by molar-refractivity contribution is 4.82. The van der Waals surface area contributed by atoms with Crippen molar-refractivity contribution in [1.29, 1.82) is 0 Å². The fraction of sp³-hybridized carbons (Fsp3) is 0.857. The summed E-state index contributed by atoms with van der Waals surface area (Å²) in [4.78, 5) is 5.12. The third-order valence-corrected chi connectivity index (χ3v) is 3.78. The molecular weight excluding hydrogens is 196 g/mol. The van der Waals surface area contributed by atoms with Gasteiger partial charge >= 0.3 is 0 Å². The molecule has 1 heterocycles. The summed E-state index contributed by atoms with van der Waals surface area (Å²) >= 11 is 0. The maximum Gasteiger partial charge on any atom is 0.0195 e. The third kappa shape index (κ3) is 4.26. The van der Waals surface area contributed by atoms with Crippen LogP contribution in [0.5, 0.6) is 0 Å². The van der Waals surface area contributed by atoms with Crippen LogP contribution in [0, 0.1) is 0 Å². The van der Waals surface area contributed by atoms with Crippen LogP contribution in [-0.4, -0.2) is 48.6 Å². The number of likely N-dealkylation sites (N-methyl/N-ethyl adjacent to an activating group) is 1. The van der Waals surface area contributed by atoms with Gasteiger partial charge in [0.25, 0.3) is 0 Å². The number of nitrogens with zero attached hydrogens (tertiary/aromatic N) is 2. The minimum atomic E-state index is 0.712. The lowest BCUT2D eigenvalue weighted by molar-refractivity contribution is 0.0589. The van der Waals surface area contributed by atoms with Crippen molar-refractivity contribution in [3.8, 4) is 0 Å². The van der Waals surface area contributed by atoms with E-state index >= 15 is 0 Å². The van der Waals surface area contributed by atoms with Crippen molar-refractivity contribution in [3.05, 3.63) is 12.7 Å². The van der Waals surface area contributed by atoms with Gasteiger partial charge in [0.05, 0.1) is 0 Å². The van der Waals surface area contributed by atoms with Crippen molar-refractivity contribution in [3.63, 3.8) is 0 Å². The highest BCUT2D eigenvalue weighted by Gasteiger charge is 2.25. The molecule has 0 spiro atoms. The second-order valence-electron chi connectivity index (χ2n) is 5.27. The molecule has 0 amide bonds. The fourth-order valence-electron chi connectivity index (χ4n) is 2.46. The lowest BCUT2D eigenvalue weighted by atomic mass is 10.1. The Morgan fingerprint density at radius 1 is 1.12 bits per heavy atom. The van der Waals surface area contributed by atoms with E-state index in [2.05, 4.69) is 37.3 Å². The molecule has 1 rings (SSSR count). The summed E-state index contributed by atoms with van der Waals surface area (Å²) in [7, 11) is 2.24. The summed E-state index contributed by atoms with van der Waals surface area (Å²) in [6.45, 7) is 12.2. The van der Waals surface area contributed by atoms with Crippen LogP contribution in [0.2, 0.25) is 0 Å². The first-order chi connectivity index (χ1) is 7.65. The van der Waals surface area contributed by atoms with Gasteiger partial charge < -0.3 is 4.90 Å². The summed E-state index contributed by atoms with van der Waals surface area (Å²) in [6, 6.07) is 1.44. The van der Waals surface area contributed by atoms with Gasteiger partial charge in [0, 0.05) is 25.2 Å². The van der Waals surface area contributed by atoms with Gasteiger partial charge in [-0.3, -0.25) is 4.90 Å². The Hall–Kier alpha value is -0.340. The van der Waals surface area contributed by atoms with Crippen LogP contribution in [0.1, 0.15) is 39.5 Å². The molecule has 0 N–H and O–H groups in total. The van der Waals surface area contributed by atoms with E-state index in [4.69, 9.17) is 0 Å². The molecule has 0 bridgehead atoms. The van der Waals surface area contributed by atoms with Crippen molar-refractivity contribution >= 4 is 0 Å². The number of hydrogen-bond acceptors (Lipinski definition) is 2. The van der Waals surface area contributed by atoms with E-state index in [9.17, 15) is 0 Å². The Labute approximate surface area is 101 Å². The lowest BCUT2D eigenvalue weighted by Gasteiger charge is -2.42. The first-order valence-electron chi connectivity index (χ1n) is 6.70. The molecule has 2 atom stereocenters. The van der Waals surface area contributed by atoms with Crippen molar-refractivity contribution in [2.24, 2.45) is 0 Å². The number of piperazine rings is 1. The molecule has 94 valence electrons. The third-order valence-electron chi connectivity index (χ3n) is 3.78. The van der Waals surface area contributed by atoms with E-state index in [1.54, 1.807) is 0 Å². The van der Waals surface area contributed by atoms with Gasteiger partial charge in [0.15, 0.2) is 0 Å². The predicted octanol–water partition coefficient (Wildman–Crippen LogP) is 2.76. The smallest absolute Gasteiger partial charge is 0.0195 e. The van der Waals surface area contributed by atoms with Crippen LogP contribution >= 0.6 is 0 Å². The van der Waals surface area contributed by atoms with Gasteiger partial charge in [-0.25, -0.2) is 0 Å². The summed E-state index contributed by atoms with van der Waals surface area (Å²) in [6.07, 6.45) is 7.20. The second-order valence-corrected chi connectivity index (χ2v) is 5.27. The average Bonchev–Trinajstić information content (AvgIpc) is 2.25. The van der Waals surface area contributed by atoms with E-state index in [1.807, 2.05) is 6.08 Å². The van der Waals surface area contributed by atoms with Crippen molar-refractivity contribution in [1.82, 2.24) is 9.80 Å². The van der Waals surface area contributed by atoms with E-state index in [1.165, 1.54) is 45.3 Å². The van der Waals surface area contributed by atoms with E-state index in [0.717, 1.165) is 6.04 Å². The van der Waals surface area contributed by atoms with Gasteiger partial charge in [-0.1, -0.05) is 12.5 Å². The Balaban J connectivity index is 2.18. The molecule has 1 aliphatic heterocycles. The highest BCUT2D eigenvalue weighted by atomic mass is 15.3. The van der Waals surface area contributed by atoms with Gasteiger partial charge in [0.2, 0.25) is 0 Å². The van der Waals surface area contributed by atoms with Crippen molar-refractivity contribution in [2.45, 2.75) is 51.6 Å². The first kappa shape index (κ1) is 13.7. The maximum absolute atomic E-state index is 3.76. The normalized spacial score (nSPS) is 28.2. The minimum Gasteiger partial charge on any atom is -0.301 e. The Bertz CT molecular complexity index is 203. The SMILES string of the molecule is C=CCCCCCN1CC(C)N(C)CC1C. The Morgan fingerprint density at radius 3 is 2.56 bits per heavy atom. The first-order valence-corrected chi connectivity index (χ1v) is 6.70. The zero-order chi connectivity index (χ0) is 12.0. The molecule has 0 radical (unpaired) electrons. The molecule has 2 unspecified atom stereocenters. The molecule has 0 aromatic carbocycles. The quantitative estimate of drug-likeness (QED) is 0.505. The molecule has 0 aromatic rings. The van der Waals surface area contributed by atoms with Crippen LogP contribution in [-0.2, 0) is 0 Å². The lowest BCUT2D eigenvalue weighted by Crippen LogP contribution is -2.54. The molecular formula is C14H28N2. The Morgan fingerprint density at radius 2 is 1.88 bits per heavy atom. The topological polar surface area (TPSA) is 6.48 Å². The van der Waals surface area contributed by atoms with E-state index in [-0.39, 0.29) is 0 Å². The minimum absolute atomic E-state index is 0.712. The van der Waals surface area contributed by atoms with Crippen LogP contribution in [0.25, 0.3) is 0 Å². The van der Waals surface area contributed by atoms with Crippen molar-refractivity contribution in [2.75, 3.05) is 26.7 Å². The summed E-state index contributed by atoms with van der Waals surface area (Å²) in [5.74, 6) is 0. The summed E-state index contributed by atoms with van der Waals surface area (Å²) in [5, 5.41) is 0. The van der Waals surface area contributed by atoms with E-state index in [0.29, 0.717) is 6.04 Å². The zero-order valence-electron chi connectivity index (χ0n) is 11.3. The van der Waals surface area contributed by atoms with Crippen LogP contribution < -0.4 is 0 Å². The standard InChI is InChI=1S/C14H28N2/c1-5-6-7-8-9-10-16-12-13(2)15(4)11-14(16)3/h5,13-14H,1,6-12H2,2-4H3. The highest BCUT2D eigenvalue weighted by Crippen LogP contribution is 2.14. The maximum atomic E-state index is 3.76. The molecule has 0 aromatic heterocycles. The molecule has 1 saturated heterocycles. The van der Waals surface area contributed by atoms with Crippen LogP contribution in [0.4, 0.5) is 0 Å². The Kier molecular flexibility index (Phi) is 6.07. The van der Waals surface area contributed by atoms with Crippen LogP contribution in [0.15, 0.2) is 12.7 Å². The largest absolute Gasteiger partial charge is 0.301 e. The molecule has 1 fully saturated rings. The average molecular weight is 224 g/mol. The van der Waals surface area contributed by atoms with Gasteiger partial charge in [0.1, 0.15) is 0 Å². The molecule has 2 nitrogen and oxygen atoms in total. The number of allylic oxidation sites excluding steroid dienone is 1. The summed E-state index contributed by atoms with van der Waals surface area (Å²) < 4.78 is 0. The fourth-order valence-corrected chi connectivity index (χ4v) is 2.46. The van der Waals surface area contributed by atoms with Crippen molar-refractivity contribution < 1.29 is 0 Å². The molecule has 1 aliphatic rings.